The van der Waals surface area contributed by atoms with Crippen LogP contribution in [0.15, 0.2) is 72.8 Å². The average molecular weight is 333 g/mol. The summed E-state index contributed by atoms with van der Waals surface area (Å²) in [4.78, 5) is 15.8. The van der Waals surface area contributed by atoms with E-state index in [2.05, 4.69) is 36.4 Å². The molecule has 2 aromatic carbocycles. The van der Waals surface area contributed by atoms with Crippen LogP contribution in [0.5, 0.6) is 0 Å². The van der Waals surface area contributed by atoms with Gasteiger partial charge in [0.15, 0.2) is 0 Å². The molecular formula is C22H25N2O+. The lowest BCUT2D eigenvalue weighted by molar-refractivity contribution is -0.898. The van der Waals surface area contributed by atoms with Gasteiger partial charge in [0.2, 0.25) is 5.91 Å². The van der Waals surface area contributed by atoms with E-state index in [1.165, 1.54) is 10.5 Å². The first-order valence-corrected chi connectivity index (χ1v) is 8.88. The molecule has 2 aromatic rings. The van der Waals surface area contributed by atoms with Crippen LogP contribution in [-0.2, 0) is 4.79 Å². The van der Waals surface area contributed by atoms with Gasteiger partial charge in [-0.1, -0.05) is 66.7 Å². The Morgan fingerprint density at radius 2 is 1.44 bits per heavy atom. The van der Waals surface area contributed by atoms with Gasteiger partial charge in [0.05, 0.1) is 32.7 Å². The van der Waals surface area contributed by atoms with Crippen molar-refractivity contribution in [2.75, 3.05) is 32.7 Å². The smallest absolute Gasteiger partial charge is 0.246 e. The normalized spacial score (nSPS) is 15.9. The lowest BCUT2D eigenvalue weighted by atomic mass is 10.2. The number of carbonyl (C=O) groups excluding carboxylic acids is 1. The maximum Gasteiger partial charge on any atom is 0.246 e. The van der Waals surface area contributed by atoms with Crippen molar-refractivity contribution in [1.82, 2.24) is 4.90 Å². The van der Waals surface area contributed by atoms with E-state index in [4.69, 9.17) is 0 Å². The lowest BCUT2D eigenvalue weighted by Gasteiger charge is -2.31. The van der Waals surface area contributed by atoms with Gasteiger partial charge in [-0.2, -0.15) is 0 Å². The summed E-state index contributed by atoms with van der Waals surface area (Å²) >= 11 is 0. The molecule has 0 spiro atoms. The van der Waals surface area contributed by atoms with Crippen LogP contribution in [0.4, 0.5) is 0 Å². The van der Waals surface area contributed by atoms with Crippen LogP contribution in [0.1, 0.15) is 11.1 Å². The highest BCUT2D eigenvalue weighted by Gasteiger charge is 2.21. The molecule has 0 aliphatic carbocycles. The number of rotatable bonds is 5. The van der Waals surface area contributed by atoms with Crippen molar-refractivity contribution >= 4 is 18.1 Å². The molecule has 3 nitrogen and oxygen atoms in total. The first kappa shape index (κ1) is 17.2. The van der Waals surface area contributed by atoms with Gasteiger partial charge in [0.25, 0.3) is 0 Å². The summed E-state index contributed by atoms with van der Waals surface area (Å²) in [5.74, 6) is 0.114. The summed E-state index contributed by atoms with van der Waals surface area (Å²) in [5.41, 5.74) is 2.30. The van der Waals surface area contributed by atoms with Gasteiger partial charge < -0.3 is 9.80 Å². The van der Waals surface area contributed by atoms with E-state index in [9.17, 15) is 4.79 Å². The van der Waals surface area contributed by atoms with E-state index < -0.39 is 0 Å². The highest BCUT2D eigenvalue weighted by Crippen LogP contribution is 2.03. The summed E-state index contributed by atoms with van der Waals surface area (Å²) in [6.45, 7) is 4.67. The maximum absolute atomic E-state index is 12.3. The Balaban J connectivity index is 1.43. The van der Waals surface area contributed by atoms with Crippen molar-refractivity contribution in [1.29, 1.82) is 0 Å². The zero-order chi connectivity index (χ0) is 17.3. The van der Waals surface area contributed by atoms with Gasteiger partial charge in [-0.25, -0.2) is 0 Å². The molecule has 1 amide bonds. The van der Waals surface area contributed by atoms with E-state index in [0.29, 0.717) is 0 Å². The second-order valence-electron chi connectivity index (χ2n) is 6.34. The number of nitrogens with one attached hydrogen (secondary N) is 1. The Labute approximate surface area is 149 Å². The van der Waals surface area contributed by atoms with Crippen LogP contribution < -0.4 is 4.90 Å². The summed E-state index contributed by atoms with van der Waals surface area (Å²) in [6, 6.07) is 20.3. The molecule has 0 atom stereocenters. The number of nitrogens with zero attached hydrogens (tertiary/aromatic N) is 1. The Bertz CT molecular complexity index is 714. The zero-order valence-corrected chi connectivity index (χ0v) is 14.5. The second kappa shape index (κ2) is 9.00. The number of benzene rings is 2. The second-order valence-corrected chi connectivity index (χ2v) is 6.34. The third kappa shape index (κ3) is 5.44. The predicted octanol–water partition coefficient (Wildman–Crippen LogP) is 2.14. The average Bonchev–Trinajstić information content (AvgIpc) is 2.68. The molecule has 128 valence electrons. The largest absolute Gasteiger partial charge is 0.329 e. The Kier molecular flexibility index (Phi) is 6.18. The van der Waals surface area contributed by atoms with Crippen molar-refractivity contribution < 1.29 is 9.69 Å². The minimum atomic E-state index is 0.114. The highest BCUT2D eigenvalue weighted by atomic mass is 16.2. The topological polar surface area (TPSA) is 24.8 Å². The van der Waals surface area contributed by atoms with E-state index in [1.54, 1.807) is 6.08 Å². The van der Waals surface area contributed by atoms with Crippen LogP contribution in [-0.4, -0.2) is 43.5 Å². The van der Waals surface area contributed by atoms with E-state index in [-0.39, 0.29) is 5.91 Å². The van der Waals surface area contributed by atoms with Crippen LogP contribution in [0.3, 0.4) is 0 Å². The molecule has 1 N–H and O–H groups in total. The first-order chi connectivity index (χ1) is 12.3. The first-order valence-electron chi connectivity index (χ1n) is 8.88. The number of hydrogen-bond donors (Lipinski definition) is 1. The molecular weight excluding hydrogens is 308 g/mol. The molecule has 1 heterocycles. The summed E-state index contributed by atoms with van der Waals surface area (Å²) < 4.78 is 0. The van der Waals surface area contributed by atoms with Gasteiger partial charge in [0.1, 0.15) is 0 Å². The molecule has 0 radical (unpaired) electrons. The third-order valence-electron chi connectivity index (χ3n) is 4.52. The fourth-order valence-electron chi connectivity index (χ4n) is 3.01. The molecule has 3 rings (SSSR count). The summed E-state index contributed by atoms with van der Waals surface area (Å²) in [7, 11) is 0. The predicted molar refractivity (Wildman–Crippen MR) is 103 cm³/mol. The van der Waals surface area contributed by atoms with Gasteiger partial charge in [-0.05, 0) is 23.3 Å². The molecule has 0 unspecified atom stereocenters. The van der Waals surface area contributed by atoms with Gasteiger partial charge in [-0.15, -0.1) is 0 Å². The highest BCUT2D eigenvalue weighted by molar-refractivity contribution is 5.91. The maximum atomic E-state index is 12.3. The van der Waals surface area contributed by atoms with Crippen LogP contribution in [0.25, 0.3) is 12.2 Å². The van der Waals surface area contributed by atoms with Crippen molar-refractivity contribution in [3.8, 4) is 0 Å². The van der Waals surface area contributed by atoms with E-state index >= 15 is 0 Å². The fraction of sp³-hybridized carbons (Fsp3) is 0.227. The Hall–Kier alpha value is -2.65. The van der Waals surface area contributed by atoms with Crippen LogP contribution in [0, 0.1) is 0 Å². The number of piperazine rings is 1. The molecule has 1 aliphatic rings. The van der Waals surface area contributed by atoms with Crippen molar-refractivity contribution in [3.05, 3.63) is 83.9 Å². The SMILES string of the molecule is O=C(/C=C/c1ccccc1)N1CC[NH+](C/C=C/c2ccccc2)CC1. The van der Waals surface area contributed by atoms with Crippen molar-refractivity contribution in [2.45, 2.75) is 0 Å². The molecule has 0 aromatic heterocycles. The number of quaternary nitrogens is 1. The quantitative estimate of drug-likeness (QED) is 0.833. The van der Waals surface area contributed by atoms with Gasteiger partial charge in [0, 0.05) is 6.08 Å². The molecule has 1 saturated heterocycles. The standard InChI is InChI=1S/C22H24N2O/c25-22(14-13-21-10-5-2-6-11-21)24-18-16-23(17-19-24)15-7-12-20-8-3-1-4-9-20/h1-14H,15-19H2/p+1/b12-7+,14-13+. The molecule has 25 heavy (non-hydrogen) atoms. The minimum absolute atomic E-state index is 0.114. The van der Waals surface area contributed by atoms with Crippen molar-refractivity contribution in [2.24, 2.45) is 0 Å². The zero-order valence-electron chi connectivity index (χ0n) is 14.5. The number of hydrogen-bond acceptors (Lipinski definition) is 1. The monoisotopic (exact) mass is 333 g/mol. The Morgan fingerprint density at radius 3 is 2.04 bits per heavy atom. The molecule has 0 saturated carbocycles. The number of carbonyl (C=O) groups is 1. The van der Waals surface area contributed by atoms with Gasteiger partial charge in [-0.3, -0.25) is 4.79 Å². The van der Waals surface area contributed by atoms with Crippen LogP contribution >= 0.6 is 0 Å². The summed E-state index contributed by atoms with van der Waals surface area (Å²) in [6.07, 6.45) is 7.99. The van der Waals surface area contributed by atoms with Crippen LogP contribution in [0.2, 0.25) is 0 Å². The molecule has 0 bridgehead atoms. The molecule has 1 fully saturated rings. The number of amides is 1. The Morgan fingerprint density at radius 1 is 0.880 bits per heavy atom. The van der Waals surface area contributed by atoms with E-state index in [1.807, 2.05) is 47.4 Å². The minimum Gasteiger partial charge on any atom is -0.329 e. The molecule has 3 heteroatoms. The fourth-order valence-corrected chi connectivity index (χ4v) is 3.01. The van der Waals surface area contributed by atoms with E-state index in [0.717, 1.165) is 38.3 Å². The molecule has 1 aliphatic heterocycles. The van der Waals surface area contributed by atoms with Gasteiger partial charge >= 0.3 is 0 Å². The van der Waals surface area contributed by atoms with Crippen molar-refractivity contribution in [3.63, 3.8) is 0 Å². The third-order valence-corrected chi connectivity index (χ3v) is 4.52. The summed E-state index contributed by atoms with van der Waals surface area (Å²) in [5, 5.41) is 0. The lowest BCUT2D eigenvalue weighted by Crippen LogP contribution is -3.14.